The first-order chi connectivity index (χ1) is 22.8. The standard InChI is InChI=1S/C24H34O25/c25-1-2(26)13(17(34)35)47-22(7(1)31)45-11-4(28)9(33)24(49-15(11)19(38)39)46-12-5(29)8(32)23(48-16(12)20(40)41)44-10-3(27)6(30)21(42)43-14(10)18(36)37/h1-16,21-33,42H,(H,34,35)(H,36,37)(H,38,39)(H,40,41)/t1-,2+,3+,4+,5+,6+,7+,8+,9+,10+,11+,12+,13-,14-,15-,16-,21-,22-,23-,24-/m0/s1. The van der Waals surface area contributed by atoms with Crippen molar-refractivity contribution >= 4 is 23.9 Å². The molecule has 25 nitrogen and oxygen atoms in total. The van der Waals surface area contributed by atoms with E-state index in [1.807, 2.05) is 0 Å². The molecule has 0 aromatic rings. The van der Waals surface area contributed by atoms with E-state index in [4.69, 9.17) is 28.4 Å². The van der Waals surface area contributed by atoms with E-state index in [0.717, 1.165) is 0 Å². The molecule has 280 valence electrons. The van der Waals surface area contributed by atoms with Crippen LogP contribution in [0.2, 0.25) is 0 Å². The summed E-state index contributed by atoms with van der Waals surface area (Å²) in [6.45, 7) is 0. The van der Waals surface area contributed by atoms with Gasteiger partial charge >= 0.3 is 23.9 Å². The summed E-state index contributed by atoms with van der Waals surface area (Å²) < 4.78 is 35.3. The Kier molecular flexibility index (Phi) is 12.1. The maximum atomic E-state index is 12.1. The zero-order valence-electron chi connectivity index (χ0n) is 24.3. The van der Waals surface area contributed by atoms with E-state index < -0.39 is 147 Å². The van der Waals surface area contributed by atoms with Gasteiger partial charge in [0.05, 0.1) is 0 Å². The van der Waals surface area contributed by atoms with Gasteiger partial charge in [0.15, 0.2) is 49.6 Å². The maximum Gasteiger partial charge on any atom is 0.335 e. The predicted octanol–water partition coefficient (Wildman–Crippen LogP) is -9.38. The van der Waals surface area contributed by atoms with Crippen molar-refractivity contribution in [3.8, 4) is 0 Å². The summed E-state index contributed by atoms with van der Waals surface area (Å²) in [5, 5.41) is 141. The van der Waals surface area contributed by atoms with Crippen molar-refractivity contribution in [1.82, 2.24) is 0 Å². The lowest BCUT2D eigenvalue weighted by Gasteiger charge is -2.47. The van der Waals surface area contributed by atoms with Crippen LogP contribution in [0.25, 0.3) is 0 Å². The van der Waals surface area contributed by atoms with Crippen LogP contribution in [0.4, 0.5) is 0 Å². The van der Waals surface area contributed by atoms with Gasteiger partial charge in [-0.2, -0.15) is 0 Å². The van der Waals surface area contributed by atoms with Crippen LogP contribution in [-0.2, 0) is 52.3 Å². The van der Waals surface area contributed by atoms with Crippen LogP contribution < -0.4 is 0 Å². The fourth-order valence-electron chi connectivity index (χ4n) is 5.43. The maximum absolute atomic E-state index is 12.1. The number of hydrogen-bond donors (Lipinski definition) is 14. The van der Waals surface area contributed by atoms with E-state index in [-0.39, 0.29) is 0 Å². The lowest BCUT2D eigenvalue weighted by molar-refractivity contribution is -0.378. The number of aliphatic carboxylic acids is 4. The van der Waals surface area contributed by atoms with Gasteiger partial charge in [-0.3, -0.25) is 0 Å². The number of aliphatic hydroxyl groups excluding tert-OH is 10. The number of carbonyl (C=O) groups is 4. The quantitative estimate of drug-likeness (QED) is 0.0995. The van der Waals surface area contributed by atoms with Crippen molar-refractivity contribution in [3.63, 3.8) is 0 Å². The number of ether oxygens (including phenoxy) is 7. The average Bonchev–Trinajstić information content (AvgIpc) is 3.03. The molecule has 4 aliphatic rings. The molecule has 0 aromatic heterocycles. The van der Waals surface area contributed by atoms with Gasteiger partial charge in [0.2, 0.25) is 0 Å². The monoisotopic (exact) mass is 722 g/mol. The van der Waals surface area contributed by atoms with Gasteiger partial charge in [-0.1, -0.05) is 0 Å². The van der Waals surface area contributed by atoms with Crippen molar-refractivity contribution in [2.24, 2.45) is 0 Å². The number of hydrogen-bond acceptors (Lipinski definition) is 21. The van der Waals surface area contributed by atoms with Crippen LogP contribution in [0.3, 0.4) is 0 Å². The van der Waals surface area contributed by atoms with Crippen LogP contribution >= 0.6 is 0 Å². The zero-order valence-corrected chi connectivity index (χ0v) is 24.3. The molecule has 20 atom stereocenters. The number of rotatable bonds is 10. The highest BCUT2D eigenvalue weighted by Gasteiger charge is 2.58. The first-order valence-corrected chi connectivity index (χ1v) is 14.1. The van der Waals surface area contributed by atoms with E-state index in [0.29, 0.717) is 0 Å². The van der Waals surface area contributed by atoms with Crippen LogP contribution in [0, 0.1) is 0 Å². The Labute approximate surface area is 271 Å². The SMILES string of the molecule is O=C(O)[C@H]1O[C@H](O[C@@H]2[C@H](O)[C@@H](O)[C@@H](O[C@@H]3[C@H](O)[C@@H](O)[C@@H](O[C@@H]4[C@H](O)[C@@H](O)[C@@H](O)O[C@@H]4C(=O)O)O[C@@H]3C(=O)O)O[C@@H]2C(=O)O)[C@H](O)[C@@H](O)[C@H]1O. The second-order valence-electron chi connectivity index (χ2n) is 11.3. The molecule has 25 heteroatoms. The Morgan fingerprint density at radius 2 is 0.633 bits per heavy atom. The first-order valence-electron chi connectivity index (χ1n) is 14.1. The molecule has 0 radical (unpaired) electrons. The third kappa shape index (κ3) is 7.62. The van der Waals surface area contributed by atoms with Gasteiger partial charge in [0.25, 0.3) is 0 Å². The third-order valence-electron chi connectivity index (χ3n) is 8.07. The molecule has 0 bridgehead atoms. The van der Waals surface area contributed by atoms with Crippen molar-refractivity contribution in [2.45, 2.75) is 123 Å². The molecule has 0 saturated carbocycles. The molecule has 4 rings (SSSR count). The highest BCUT2D eigenvalue weighted by molar-refractivity contribution is 5.75. The molecule has 4 saturated heterocycles. The minimum Gasteiger partial charge on any atom is -0.479 e. The minimum absolute atomic E-state index is 1.84. The normalized spacial score (nSPS) is 49.2. The second kappa shape index (κ2) is 15.2. The van der Waals surface area contributed by atoms with Crippen molar-refractivity contribution in [3.05, 3.63) is 0 Å². The number of carboxylic acids is 4. The molecule has 4 fully saturated rings. The van der Waals surface area contributed by atoms with E-state index >= 15 is 0 Å². The zero-order chi connectivity index (χ0) is 36.8. The number of aliphatic hydroxyl groups is 10. The van der Waals surface area contributed by atoms with Crippen LogP contribution in [-0.4, -0.2) is 218 Å². The summed E-state index contributed by atoms with van der Waals surface area (Å²) >= 11 is 0. The molecule has 14 N–H and O–H groups in total. The largest absolute Gasteiger partial charge is 0.479 e. The Bertz CT molecular complexity index is 1220. The van der Waals surface area contributed by atoms with Gasteiger partial charge in [-0.15, -0.1) is 0 Å². The Hall–Kier alpha value is -2.80. The van der Waals surface area contributed by atoms with Crippen molar-refractivity contribution < 1.29 is 124 Å². The van der Waals surface area contributed by atoms with E-state index in [1.54, 1.807) is 0 Å². The Morgan fingerprint density at radius 3 is 0.980 bits per heavy atom. The minimum atomic E-state index is -2.43. The van der Waals surface area contributed by atoms with E-state index in [2.05, 4.69) is 4.74 Å². The van der Waals surface area contributed by atoms with Gasteiger partial charge < -0.3 is 105 Å². The van der Waals surface area contributed by atoms with Crippen molar-refractivity contribution in [1.29, 1.82) is 0 Å². The van der Waals surface area contributed by atoms with Gasteiger partial charge in [-0.25, -0.2) is 19.2 Å². The van der Waals surface area contributed by atoms with Gasteiger partial charge in [0, 0.05) is 0 Å². The van der Waals surface area contributed by atoms with E-state index in [1.165, 1.54) is 0 Å². The number of carboxylic acid groups (broad SMARTS) is 4. The lowest BCUT2D eigenvalue weighted by atomic mass is 9.95. The Balaban J connectivity index is 1.51. The van der Waals surface area contributed by atoms with Gasteiger partial charge in [0.1, 0.15) is 73.2 Å². The molecular formula is C24H34O25. The summed E-state index contributed by atoms with van der Waals surface area (Å²) in [5.41, 5.74) is 0. The molecular weight excluding hydrogens is 688 g/mol. The Morgan fingerprint density at radius 1 is 0.347 bits per heavy atom. The average molecular weight is 723 g/mol. The molecule has 0 spiro atoms. The van der Waals surface area contributed by atoms with Gasteiger partial charge in [-0.05, 0) is 0 Å². The predicted molar refractivity (Wildman–Crippen MR) is 136 cm³/mol. The molecule has 4 aliphatic heterocycles. The lowest BCUT2D eigenvalue weighted by Crippen LogP contribution is -2.68. The van der Waals surface area contributed by atoms with Crippen molar-refractivity contribution in [2.75, 3.05) is 0 Å². The summed E-state index contributed by atoms with van der Waals surface area (Å²) in [6.07, 6.45) is -45.8. The van der Waals surface area contributed by atoms with Crippen LogP contribution in [0.5, 0.6) is 0 Å². The molecule has 0 amide bonds. The molecule has 49 heavy (non-hydrogen) atoms. The second-order valence-corrected chi connectivity index (χ2v) is 11.3. The molecule has 4 heterocycles. The summed E-state index contributed by atoms with van der Waals surface area (Å²) in [5.74, 6) is -7.64. The first kappa shape index (κ1) is 39.0. The fourth-order valence-corrected chi connectivity index (χ4v) is 5.43. The highest BCUT2D eigenvalue weighted by Crippen LogP contribution is 2.34. The molecule has 0 aromatic carbocycles. The summed E-state index contributed by atoms with van der Waals surface area (Å²) in [7, 11) is 0. The smallest absolute Gasteiger partial charge is 0.335 e. The summed E-state index contributed by atoms with van der Waals surface area (Å²) in [4.78, 5) is 47.1. The molecule has 0 aliphatic carbocycles. The van der Waals surface area contributed by atoms with Crippen LogP contribution in [0.1, 0.15) is 0 Å². The third-order valence-corrected chi connectivity index (χ3v) is 8.07. The fraction of sp³-hybridized carbons (Fsp3) is 0.833. The van der Waals surface area contributed by atoms with Crippen LogP contribution in [0.15, 0.2) is 0 Å². The highest BCUT2D eigenvalue weighted by atomic mass is 16.8. The van der Waals surface area contributed by atoms with E-state index in [9.17, 15) is 90.7 Å². The molecule has 0 unspecified atom stereocenters. The topological polar surface area (TPSA) is 416 Å². The summed E-state index contributed by atoms with van der Waals surface area (Å²) in [6, 6.07) is 0.